The van der Waals surface area contributed by atoms with Crippen molar-refractivity contribution in [2.75, 3.05) is 47.5 Å². The van der Waals surface area contributed by atoms with Gasteiger partial charge in [-0.1, -0.05) is 23.2 Å². The minimum atomic E-state index is -0.0879. The first-order valence-electron chi connectivity index (χ1n) is 9.22. The maximum atomic E-state index is 12.9. The molecule has 2 aromatic rings. The van der Waals surface area contributed by atoms with Crippen molar-refractivity contribution in [2.45, 2.75) is 6.54 Å². The highest BCUT2D eigenvalue weighted by Crippen LogP contribution is 2.34. The Labute approximate surface area is 180 Å². The first-order valence-corrected chi connectivity index (χ1v) is 9.98. The molecule has 6 nitrogen and oxygen atoms in total. The Morgan fingerprint density at radius 1 is 0.931 bits per heavy atom. The van der Waals surface area contributed by atoms with E-state index in [1.807, 2.05) is 23.1 Å². The maximum absolute atomic E-state index is 12.9. The normalized spacial score (nSPS) is 14.6. The minimum absolute atomic E-state index is 0.0879. The molecule has 0 bridgehead atoms. The Hall–Kier alpha value is -2.15. The molecule has 0 atom stereocenters. The van der Waals surface area contributed by atoms with Crippen LogP contribution in [0.4, 0.5) is 0 Å². The van der Waals surface area contributed by atoms with Gasteiger partial charge in [0.2, 0.25) is 0 Å². The fourth-order valence-corrected chi connectivity index (χ4v) is 4.06. The van der Waals surface area contributed by atoms with Crippen molar-refractivity contribution in [1.82, 2.24) is 9.80 Å². The number of rotatable bonds is 6. The van der Waals surface area contributed by atoms with Gasteiger partial charge >= 0.3 is 0 Å². The lowest BCUT2D eigenvalue weighted by molar-refractivity contribution is 0.0627. The van der Waals surface area contributed by atoms with E-state index in [2.05, 4.69) is 4.90 Å². The van der Waals surface area contributed by atoms with Gasteiger partial charge in [-0.2, -0.15) is 0 Å². The lowest BCUT2D eigenvalue weighted by Crippen LogP contribution is -2.48. The fraction of sp³-hybridized carbons (Fsp3) is 0.381. The van der Waals surface area contributed by atoms with Gasteiger partial charge in [0.1, 0.15) is 11.5 Å². The van der Waals surface area contributed by atoms with E-state index in [1.165, 1.54) is 7.11 Å². The summed E-state index contributed by atoms with van der Waals surface area (Å²) in [5, 5.41) is 0.652. The first kappa shape index (κ1) is 21.6. The van der Waals surface area contributed by atoms with Crippen LogP contribution in [-0.2, 0) is 6.54 Å². The van der Waals surface area contributed by atoms with E-state index in [9.17, 15) is 4.79 Å². The van der Waals surface area contributed by atoms with Crippen molar-refractivity contribution in [3.05, 3.63) is 51.5 Å². The molecule has 3 rings (SSSR count). The second kappa shape index (κ2) is 9.57. The molecular formula is C21H24Cl2N2O4. The summed E-state index contributed by atoms with van der Waals surface area (Å²) in [6, 6.07) is 8.97. The van der Waals surface area contributed by atoms with Crippen molar-refractivity contribution in [3.8, 4) is 17.2 Å². The van der Waals surface area contributed by atoms with Crippen LogP contribution in [-0.4, -0.2) is 63.2 Å². The summed E-state index contributed by atoms with van der Waals surface area (Å²) in [4.78, 5) is 17.0. The molecule has 0 unspecified atom stereocenters. The van der Waals surface area contributed by atoms with E-state index in [0.717, 1.165) is 36.7 Å². The number of hydrogen-bond donors (Lipinski definition) is 0. The minimum Gasteiger partial charge on any atom is -0.497 e. The highest BCUT2D eigenvalue weighted by molar-refractivity contribution is 6.37. The van der Waals surface area contributed by atoms with E-state index in [4.69, 9.17) is 37.4 Å². The molecule has 0 aromatic heterocycles. The molecule has 1 saturated heterocycles. The Balaban J connectivity index is 1.64. The van der Waals surface area contributed by atoms with E-state index in [1.54, 1.807) is 26.4 Å². The number of piperazine rings is 1. The number of methoxy groups -OCH3 is 3. The van der Waals surface area contributed by atoms with Gasteiger partial charge in [-0.3, -0.25) is 9.69 Å². The number of hydrogen-bond acceptors (Lipinski definition) is 5. The number of amides is 1. The third kappa shape index (κ3) is 4.89. The molecule has 1 aliphatic rings. The number of nitrogens with zero attached hydrogens (tertiary/aromatic N) is 2. The zero-order valence-corrected chi connectivity index (χ0v) is 18.2. The van der Waals surface area contributed by atoms with Gasteiger partial charge in [-0.25, -0.2) is 0 Å². The predicted molar refractivity (Wildman–Crippen MR) is 114 cm³/mol. The van der Waals surface area contributed by atoms with Crippen LogP contribution < -0.4 is 14.2 Å². The zero-order valence-electron chi connectivity index (χ0n) is 16.7. The van der Waals surface area contributed by atoms with Gasteiger partial charge in [0.05, 0.1) is 31.4 Å². The van der Waals surface area contributed by atoms with Crippen molar-refractivity contribution in [1.29, 1.82) is 0 Å². The Bertz CT molecular complexity index is 860. The molecule has 0 radical (unpaired) electrons. The quantitative estimate of drug-likeness (QED) is 0.682. The number of halogens is 2. The molecule has 8 heteroatoms. The van der Waals surface area contributed by atoms with Gasteiger partial charge in [0, 0.05) is 43.9 Å². The molecule has 156 valence electrons. The largest absolute Gasteiger partial charge is 0.497 e. The van der Waals surface area contributed by atoms with Crippen molar-refractivity contribution >= 4 is 29.1 Å². The van der Waals surface area contributed by atoms with Crippen LogP contribution in [0.2, 0.25) is 10.0 Å². The highest BCUT2D eigenvalue weighted by Gasteiger charge is 2.24. The highest BCUT2D eigenvalue weighted by atomic mass is 35.5. The fourth-order valence-electron chi connectivity index (χ4n) is 3.42. The molecule has 1 heterocycles. The average molecular weight is 439 g/mol. The number of carbonyl (C=O) groups is 1. The molecule has 0 spiro atoms. The second-order valence-corrected chi connectivity index (χ2v) is 7.53. The SMILES string of the molecule is COc1ccc(OC)c(CN2CCN(C(=O)c3cc(Cl)c(OC)c(Cl)c3)CC2)c1. The molecule has 0 aliphatic carbocycles. The summed E-state index contributed by atoms with van der Waals surface area (Å²) in [6.07, 6.45) is 0. The monoisotopic (exact) mass is 438 g/mol. The molecule has 1 amide bonds. The Morgan fingerprint density at radius 2 is 1.59 bits per heavy atom. The molecule has 29 heavy (non-hydrogen) atoms. The van der Waals surface area contributed by atoms with E-state index in [0.29, 0.717) is 34.4 Å². The van der Waals surface area contributed by atoms with Crippen LogP contribution in [0.3, 0.4) is 0 Å². The smallest absolute Gasteiger partial charge is 0.254 e. The predicted octanol–water partition coefficient (Wildman–Crippen LogP) is 3.98. The lowest BCUT2D eigenvalue weighted by Gasteiger charge is -2.35. The second-order valence-electron chi connectivity index (χ2n) is 6.72. The zero-order chi connectivity index (χ0) is 21.0. The summed E-state index contributed by atoms with van der Waals surface area (Å²) in [5.41, 5.74) is 1.52. The third-order valence-corrected chi connectivity index (χ3v) is 5.55. The molecular weight excluding hydrogens is 415 g/mol. The van der Waals surface area contributed by atoms with Crippen LogP contribution >= 0.6 is 23.2 Å². The van der Waals surface area contributed by atoms with Gasteiger partial charge < -0.3 is 19.1 Å². The summed E-state index contributed by atoms with van der Waals surface area (Å²) < 4.78 is 15.9. The maximum Gasteiger partial charge on any atom is 0.254 e. The van der Waals surface area contributed by atoms with Crippen LogP contribution in [0, 0.1) is 0 Å². The summed E-state index contributed by atoms with van der Waals surface area (Å²) in [5.74, 6) is 1.91. The summed E-state index contributed by atoms with van der Waals surface area (Å²) >= 11 is 12.3. The molecule has 2 aromatic carbocycles. The lowest BCUT2D eigenvalue weighted by atomic mass is 10.1. The van der Waals surface area contributed by atoms with Gasteiger partial charge in [-0.15, -0.1) is 0 Å². The Morgan fingerprint density at radius 3 is 2.14 bits per heavy atom. The van der Waals surface area contributed by atoms with Gasteiger partial charge in [0.25, 0.3) is 5.91 Å². The first-order chi connectivity index (χ1) is 14.0. The van der Waals surface area contributed by atoms with E-state index < -0.39 is 0 Å². The molecule has 0 saturated carbocycles. The van der Waals surface area contributed by atoms with Crippen LogP contribution in [0.25, 0.3) is 0 Å². The standard InChI is InChI=1S/C21H24Cl2N2O4/c1-27-16-4-5-19(28-2)15(10-16)13-24-6-8-25(9-7-24)21(26)14-11-17(22)20(29-3)18(23)12-14/h4-5,10-12H,6-9,13H2,1-3H3. The Kier molecular flexibility index (Phi) is 7.11. The van der Waals surface area contributed by atoms with Crippen LogP contribution in [0.15, 0.2) is 30.3 Å². The van der Waals surface area contributed by atoms with E-state index in [-0.39, 0.29) is 5.91 Å². The average Bonchev–Trinajstić information content (AvgIpc) is 2.73. The number of carbonyl (C=O) groups excluding carboxylic acids is 1. The van der Waals surface area contributed by atoms with Gasteiger partial charge in [0.15, 0.2) is 5.75 Å². The third-order valence-electron chi connectivity index (χ3n) is 4.99. The molecule has 1 aliphatic heterocycles. The van der Waals surface area contributed by atoms with Crippen LogP contribution in [0.1, 0.15) is 15.9 Å². The van der Waals surface area contributed by atoms with Crippen molar-refractivity contribution in [3.63, 3.8) is 0 Å². The molecule has 0 N–H and O–H groups in total. The number of ether oxygens (including phenoxy) is 3. The number of benzene rings is 2. The summed E-state index contributed by atoms with van der Waals surface area (Å²) in [7, 11) is 4.80. The molecule has 1 fully saturated rings. The van der Waals surface area contributed by atoms with Crippen molar-refractivity contribution in [2.24, 2.45) is 0 Å². The summed E-state index contributed by atoms with van der Waals surface area (Å²) in [6.45, 7) is 3.47. The topological polar surface area (TPSA) is 51.2 Å². The van der Waals surface area contributed by atoms with Gasteiger partial charge in [-0.05, 0) is 30.3 Å². The van der Waals surface area contributed by atoms with E-state index >= 15 is 0 Å². The van der Waals surface area contributed by atoms with Crippen LogP contribution in [0.5, 0.6) is 17.2 Å². The van der Waals surface area contributed by atoms with Crippen molar-refractivity contribution < 1.29 is 19.0 Å².